The van der Waals surface area contributed by atoms with Crippen LogP contribution in [0.15, 0.2) is 12.3 Å². The second-order valence-corrected chi connectivity index (χ2v) is 3.75. The van der Waals surface area contributed by atoms with Gasteiger partial charge in [-0.3, -0.25) is 0 Å². The Balaban J connectivity index is 2.08. The van der Waals surface area contributed by atoms with Crippen LogP contribution >= 0.6 is 11.6 Å². The molecule has 12 heavy (non-hydrogen) atoms. The quantitative estimate of drug-likeness (QED) is 0.688. The first-order chi connectivity index (χ1) is 5.86. The Kier molecular flexibility index (Phi) is 2.38. The van der Waals surface area contributed by atoms with Gasteiger partial charge in [-0.25, -0.2) is 0 Å². The summed E-state index contributed by atoms with van der Waals surface area (Å²) < 4.78 is 0. The van der Waals surface area contributed by atoms with Crippen LogP contribution in [-0.4, -0.2) is 18.1 Å². The van der Waals surface area contributed by atoms with Crippen molar-refractivity contribution in [2.75, 3.05) is 13.1 Å². The lowest BCUT2D eigenvalue weighted by atomic mass is 9.96. The van der Waals surface area contributed by atoms with Gasteiger partial charge in [-0.15, -0.1) is 0 Å². The van der Waals surface area contributed by atoms with Crippen molar-refractivity contribution >= 4 is 11.6 Å². The molecule has 0 aromatic carbocycles. The minimum absolute atomic E-state index is 0.631. The fourth-order valence-electron chi connectivity index (χ4n) is 1.74. The van der Waals surface area contributed by atoms with Gasteiger partial charge in [0.2, 0.25) is 0 Å². The topological polar surface area (TPSA) is 27.8 Å². The van der Waals surface area contributed by atoms with Crippen molar-refractivity contribution in [3.63, 3.8) is 0 Å². The number of nitrogens with one attached hydrogen (secondary N) is 2. The summed E-state index contributed by atoms with van der Waals surface area (Å²) in [5.74, 6) is 0.631. The Hall–Kier alpha value is -0.470. The zero-order valence-corrected chi connectivity index (χ0v) is 7.69. The van der Waals surface area contributed by atoms with Crippen LogP contribution in [-0.2, 0) is 0 Å². The number of H-pyrrole nitrogens is 1. The van der Waals surface area contributed by atoms with E-state index in [9.17, 15) is 0 Å². The summed E-state index contributed by atoms with van der Waals surface area (Å²) >= 11 is 5.83. The molecule has 1 aliphatic heterocycles. The average Bonchev–Trinajstić information content (AvgIpc) is 2.54. The molecule has 1 saturated heterocycles. The zero-order chi connectivity index (χ0) is 8.39. The largest absolute Gasteiger partial charge is 0.363 e. The molecule has 0 amide bonds. The van der Waals surface area contributed by atoms with E-state index in [-0.39, 0.29) is 0 Å². The number of halogens is 1. The van der Waals surface area contributed by atoms with Crippen molar-refractivity contribution in [1.82, 2.24) is 10.3 Å². The second kappa shape index (κ2) is 3.50. The normalized spacial score (nSPS) is 24.2. The van der Waals surface area contributed by atoms with Crippen molar-refractivity contribution in [3.05, 3.63) is 23.0 Å². The molecule has 1 unspecified atom stereocenters. The van der Waals surface area contributed by atoms with E-state index in [1.165, 1.54) is 18.5 Å². The smallest absolute Gasteiger partial charge is 0.0583 e. The van der Waals surface area contributed by atoms with Crippen molar-refractivity contribution < 1.29 is 0 Å². The summed E-state index contributed by atoms with van der Waals surface area (Å²) in [5, 5.41) is 4.19. The SMILES string of the molecule is Clc1c[nH]c(C2CCCNC2)c1. The highest BCUT2D eigenvalue weighted by atomic mass is 35.5. The number of aromatic nitrogens is 1. The molecule has 1 aliphatic rings. The summed E-state index contributed by atoms with van der Waals surface area (Å²) in [6.07, 6.45) is 4.39. The molecule has 0 saturated carbocycles. The van der Waals surface area contributed by atoms with Crippen LogP contribution in [0.4, 0.5) is 0 Å². The monoisotopic (exact) mass is 184 g/mol. The van der Waals surface area contributed by atoms with E-state index in [1.54, 1.807) is 0 Å². The summed E-state index contributed by atoms with van der Waals surface area (Å²) in [4.78, 5) is 3.20. The van der Waals surface area contributed by atoms with Crippen LogP contribution in [0.1, 0.15) is 24.5 Å². The highest BCUT2D eigenvalue weighted by Crippen LogP contribution is 2.23. The van der Waals surface area contributed by atoms with Crippen LogP contribution in [0.2, 0.25) is 5.02 Å². The third kappa shape index (κ3) is 1.65. The first kappa shape index (κ1) is 8.14. The highest BCUT2D eigenvalue weighted by Gasteiger charge is 2.15. The van der Waals surface area contributed by atoms with Crippen molar-refractivity contribution in [3.8, 4) is 0 Å². The van der Waals surface area contributed by atoms with Gasteiger partial charge in [0.05, 0.1) is 5.02 Å². The summed E-state index contributed by atoms with van der Waals surface area (Å²) in [5.41, 5.74) is 1.27. The van der Waals surface area contributed by atoms with Gasteiger partial charge in [-0.1, -0.05) is 11.6 Å². The van der Waals surface area contributed by atoms with Gasteiger partial charge in [-0.05, 0) is 25.5 Å². The molecular weight excluding hydrogens is 172 g/mol. The molecule has 2 nitrogen and oxygen atoms in total. The molecule has 66 valence electrons. The molecule has 0 radical (unpaired) electrons. The van der Waals surface area contributed by atoms with E-state index in [0.29, 0.717) is 5.92 Å². The zero-order valence-electron chi connectivity index (χ0n) is 6.94. The molecule has 0 bridgehead atoms. The minimum Gasteiger partial charge on any atom is -0.363 e. The Morgan fingerprint density at radius 1 is 1.50 bits per heavy atom. The molecule has 2 rings (SSSR count). The van der Waals surface area contributed by atoms with Gasteiger partial charge < -0.3 is 10.3 Å². The van der Waals surface area contributed by atoms with E-state index < -0.39 is 0 Å². The van der Waals surface area contributed by atoms with E-state index >= 15 is 0 Å². The van der Waals surface area contributed by atoms with Crippen LogP contribution in [0.3, 0.4) is 0 Å². The highest BCUT2D eigenvalue weighted by molar-refractivity contribution is 6.30. The third-order valence-electron chi connectivity index (χ3n) is 2.41. The fourth-order valence-corrected chi connectivity index (χ4v) is 1.91. The number of hydrogen-bond acceptors (Lipinski definition) is 1. The lowest BCUT2D eigenvalue weighted by Gasteiger charge is -2.21. The molecule has 2 heterocycles. The maximum Gasteiger partial charge on any atom is 0.0583 e. The van der Waals surface area contributed by atoms with E-state index in [2.05, 4.69) is 10.3 Å². The predicted octanol–water partition coefficient (Wildman–Crippen LogP) is 2.14. The fraction of sp³-hybridized carbons (Fsp3) is 0.556. The van der Waals surface area contributed by atoms with Crippen molar-refractivity contribution in [1.29, 1.82) is 0 Å². The maximum absolute atomic E-state index is 5.83. The Bertz CT molecular complexity index is 251. The van der Waals surface area contributed by atoms with Crippen LogP contribution in [0.25, 0.3) is 0 Å². The molecule has 0 spiro atoms. The Labute approximate surface area is 77.3 Å². The van der Waals surface area contributed by atoms with Crippen LogP contribution < -0.4 is 5.32 Å². The van der Waals surface area contributed by atoms with Gasteiger partial charge in [0.25, 0.3) is 0 Å². The summed E-state index contributed by atoms with van der Waals surface area (Å²) in [7, 11) is 0. The minimum atomic E-state index is 0.631. The molecule has 1 aromatic rings. The lowest BCUT2D eigenvalue weighted by molar-refractivity contribution is 0.456. The standard InChI is InChI=1S/C9H13ClN2/c10-8-4-9(12-6-8)7-2-1-3-11-5-7/h4,6-7,11-12H,1-3,5H2. The van der Waals surface area contributed by atoms with Crippen molar-refractivity contribution in [2.45, 2.75) is 18.8 Å². The molecule has 3 heteroatoms. The number of aromatic amines is 1. The maximum atomic E-state index is 5.83. The Morgan fingerprint density at radius 2 is 2.42 bits per heavy atom. The third-order valence-corrected chi connectivity index (χ3v) is 2.63. The van der Waals surface area contributed by atoms with Crippen LogP contribution in [0, 0.1) is 0 Å². The summed E-state index contributed by atoms with van der Waals surface area (Å²) in [6, 6.07) is 2.03. The van der Waals surface area contributed by atoms with Crippen LogP contribution in [0.5, 0.6) is 0 Å². The summed E-state index contributed by atoms with van der Waals surface area (Å²) in [6.45, 7) is 2.24. The number of rotatable bonds is 1. The number of piperidine rings is 1. The van der Waals surface area contributed by atoms with Gasteiger partial charge in [0, 0.05) is 24.4 Å². The van der Waals surface area contributed by atoms with Gasteiger partial charge in [0.15, 0.2) is 0 Å². The molecule has 1 atom stereocenters. The van der Waals surface area contributed by atoms with E-state index in [1.807, 2.05) is 12.3 Å². The molecule has 0 aliphatic carbocycles. The predicted molar refractivity (Wildman–Crippen MR) is 50.6 cm³/mol. The number of hydrogen-bond donors (Lipinski definition) is 2. The van der Waals surface area contributed by atoms with Gasteiger partial charge in [-0.2, -0.15) is 0 Å². The Morgan fingerprint density at radius 3 is 3.00 bits per heavy atom. The molecule has 2 N–H and O–H groups in total. The molecule has 1 aromatic heterocycles. The first-order valence-electron chi connectivity index (χ1n) is 4.41. The van der Waals surface area contributed by atoms with E-state index in [4.69, 9.17) is 11.6 Å². The lowest BCUT2D eigenvalue weighted by Crippen LogP contribution is -2.28. The van der Waals surface area contributed by atoms with Crippen molar-refractivity contribution in [2.24, 2.45) is 0 Å². The first-order valence-corrected chi connectivity index (χ1v) is 4.78. The average molecular weight is 185 g/mol. The molecule has 1 fully saturated rings. The van der Waals surface area contributed by atoms with Gasteiger partial charge >= 0.3 is 0 Å². The van der Waals surface area contributed by atoms with E-state index in [0.717, 1.165) is 18.1 Å². The van der Waals surface area contributed by atoms with Gasteiger partial charge in [0.1, 0.15) is 0 Å². The second-order valence-electron chi connectivity index (χ2n) is 3.32. The molecular formula is C9H13ClN2.